The van der Waals surface area contributed by atoms with Gasteiger partial charge in [0.15, 0.2) is 0 Å². The molecule has 82 valence electrons. The highest BCUT2D eigenvalue weighted by Gasteiger charge is 2.14. The van der Waals surface area contributed by atoms with E-state index >= 15 is 0 Å². The second-order valence-corrected chi connectivity index (χ2v) is 4.03. The molecule has 1 atom stereocenters. The van der Waals surface area contributed by atoms with Crippen LogP contribution in [0.1, 0.15) is 25.5 Å². The molecule has 0 fully saturated rings. The number of benzene rings is 1. The van der Waals surface area contributed by atoms with E-state index in [0.29, 0.717) is 12.5 Å². The van der Waals surface area contributed by atoms with E-state index in [-0.39, 0.29) is 5.91 Å². The molecule has 0 aliphatic heterocycles. The van der Waals surface area contributed by atoms with Crippen molar-refractivity contribution in [1.82, 2.24) is 5.32 Å². The van der Waals surface area contributed by atoms with E-state index in [1.807, 2.05) is 44.2 Å². The molecule has 0 radical (unpaired) electrons. The summed E-state index contributed by atoms with van der Waals surface area (Å²) in [6.45, 7) is 4.77. The number of amides is 1. The van der Waals surface area contributed by atoms with Crippen molar-refractivity contribution in [3.8, 4) is 0 Å². The second kappa shape index (κ2) is 5.51. The molecule has 1 aromatic rings. The lowest BCUT2D eigenvalue weighted by Crippen LogP contribution is -2.36. The SMILES string of the molecule is CC(C)CNC(=O)[C@H](N)c1ccccc1. The van der Waals surface area contributed by atoms with Crippen molar-refractivity contribution < 1.29 is 4.79 Å². The van der Waals surface area contributed by atoms with Crippen LogP contribution in [0.2, 0.25) is 0 Å². The topological polar surface area (TPSA) is 55.1 Å². The van der Waals surface area contributed by atoms with E-state index in [9.17, 15) is 4.79 Å². The molecule has 0 aliphatic rings. The lowest BCUT2D eigenvalue weighted by molar-refractivity contribution is -0.122. The molecule has 1 rings (SSSR count). The summed E-state index contributed by atoms with van der Waals surface area (Å²) in [6, 6.07) is 8.82. The Morgan fingerprint density at radius 2 is 1.93 bits per heavy atom. The molecule has 3 nitrogen and oxygen atoms in total. The summed E-state index contributed by atoms with van der Waals surface area (Å²) in [4.78, 5) is 11.6. The first kappa shape index (κ1) is 11.7. The molecule has 0 heterocycles. The zero-order valence-corrected chi connectivity index (χ0v) is 9.23. The first-order valence-corrected chi connectivity index (χ1v) is 5.19. The van der Waals surface area contributed by atoms with Gasteiger partial charge < -0.3 is 11.1 Å². The molecule has 0 saturated carbocycles. The van der Waals surface area contributed by atoms with Crippen LogP contribution in [-0.4, -0.2) is 12.5 Å². The molecule has 0 aliphatic carbocycles. The molecule has 1 aromatic carbocycles. The number of hydrogen-bond acceptors (Lipinski definition) is 2. The highest BCUT2D eigenvalue weighted by Crippen LogP contribution is 2.09. The Bertz CT molecular complexity index is 309. The fourth-order valence-electron chi connectivity index (χ4n) is 1.23. The zero-order valence-electron chi connectivity index (χ0n) is 9.23. The van der Waals surface area contributed by atoms with Crippen LogP contribution >= 0.6 is 0 Å². The van der Waals surface area contributed by atoms with Crippen molar-refractivity contribution in [2.45, 2.75) is 19.9 Å². The minimum Gasteiger partial charge on any atom is -0.354 e. The molecule has 1 amide bonds. The summed E-state index contributed by atoms with van der Waals surface area (Å²) in [5, 5.41) is 2.82. The van der Waals surface area contributed by atoms with Crippen LogP contribution in [0.3, 0.4) is 0 Å². The van der Waals surface area contributed by atoms with Gasteiger partial charge in [-0.05, 0) is 11.5 Å². The average Bonchev–Trinajstić information content (AvgIpc) is 2.26. The van der Waals surface area contributed by atoms with Crippen LogP contribution in [0.5, 0.6) is 0 Å². The molecule has 0 unspecified atom stereocenters. The Morgan fingerprint density at radius 1 is 1.33 bits per heavy atom. The smallest absolute Gasteiger partial charge is 0.241 e. The summed E-state index contributed by atoms with van der Waals surface area (Å²) in [5.41, 5.74) is 6.66. The van der Waals surface area contributed by atoms with Gasteiger partial charge in [0.05, 0.1) is 0 Å². The van der Waals surface area contributed by atoms with E-state index in [1.165, 1.54) is 0 Å². The third kappa shape index (κ3) is 3.72. The Kier molecular flexibility index (Phi) is 4.31. The lowest BCUT2D eigenvalue weighted by atomic mass is 10.1. The predicted molar refractivity (Wildman–Crippen MR) is 61.2 cm³/mol. The molecule has 15 heavy (non-hydrogen) atoms. The fourth-order valence-corrected chi connectivity index (χ4v) is 1.23. The van der Waals surface area contributed by atoms with Crippen LogP contribution in [0.15, 0.2) is 30.3 Å². The highest BCUT2D eigenvalue weighted by atomic mass is 16.2. The number of carbonyl (C=O) groups is 1. The molecule has 0 aromatic heterocycles. The van der Waals surface area contributed by atoms with Gasteiger partial charge in [0.1, 0.15) is 6.04 Å². The van der Waals surface area contributed by atoms with E-state index in [1.54, 1.807) is 0 Å². The normalized spacial score (nSPS) is 12.5. The maximum atomic E-state index is 11.6. The van der Waals surface area contributed by atoms with Gasteiger partial charge in [0.25, 0.3) is 0 Å². The Hall–Kier alpha value is -1.35. The number of hydrogen-bond donors (Lipinski definition) is 2. The highest BCUT2D eigenvalue weighted by molar-refractivity contribution is 5.82. The van der Waals surface area contributed by atoms with E-state index in [4.69, 9.17) is 5.73 Å². The Morgan fingerprint density at radius 3 is 2.47 bits per heavy atom. The third-order valence-corrected chi connectivity index (χ3v) is 2.13. The number of nitrogens with two attached hydrogens (primary N) is 1. The van der Waals surface area contributed by atoms with Gasteiger partial charge in [-0.1, -0.05) is 44.2 Å². The van der Waals surface area contributed by atoms with Gasteiger partial charge in [0, 0.05) is 6.54 Å². The van der Waals surface area contributed by atoms with Crippen molar-refractivity contribution >= 4 is 5.91 Å². The molecule has 3 N–H and O–H groups in total. The maximum Gasteiger partial charge on any atom is 0.241 e. The number of nitrogens with one attached hydrogen (secondary N) is 1. The molecule has 0 bridgehead atoms. The van der Waals surface area contributed by atoms with E-state index < -0.39 is 6.04 Å². The van der Waals surface area contributed by atoms with Crippen molar-refractivity contribution in [1.29, 1.82) is 0 Å². The standard InChI is InChI=1S/C12H18N2O/c1-9(2)8-14-12(15)11(13)10-6-4-3-5-7-10/h3-7,9,11H,8,13H2,1-2H3,(H,14,15)/t11-/m1/s1. The Balaban J connectivity index is 2.54. The van der Waals surface area contributed by atoms with Gasteiger partial charge in [-0.2, -0.15) is 0 Å². The number of rotatable bonds is 4. The van der Waals surface area contributed by atoms with Crippen molar-refractivity contribution in [2.75, 3.05) is 6.54 Å². The Labute approximate surface area is 90.7 Å². The average molecular weight is 206 g/mol. The molecule has 0 saturated heterocycles. The summed E-state index contributed by atoms with van der Waals surface area (Å²) in [6.07, 6.45) is 0. The fraction of sp³-hybridized carbons (Fsp3) is 0.417. The lowest BCUT2D eigenvalue weighted by Gasteiger charge is -2.13. The van der Waals surface area contributed by atoms with Crippen molar-refractivity contribution in [2.24, 2.45) is 11.7 Å². The molecule has 0 spiro atoms. The number of carbonyl (C=O) groups excluding carboxylic acids is 1. The zero-order chi connectivity index (χ0) is 11.3. The van der Waals surface area contributed by atoms with Gasteiger partial charge in [-0.3, -0.25) is 4.79 Å². The van der Waals surface area contributed by atoms with Crippen LogP contribution in [0.25, 0.3) is 0 Å². The van der Waals surface area contributed by atoms with Crippen LogP contribution in [0.4, 0.5) is 0 Å². The minimum absolute atomic E-state index is 0.116. The largest absolute Gasteiger partial charge is 0.354 e. The van der Waals surface area contributed by atoms with Gasteiger partial charge in [0.2, 0.25) is 5.91 Å². The second-order valence-electron chi connectivity index (χ2n) is 4.03. The molecular formula is C12H18N2O. The van der Waals surface area contributed by atoms with Crippen molar-refractivity contribution in [3.63, 3.8) is 0 Å². The third-order valence-electron chi connectivity index (χ3n) is 2.13. The van der Waals surface area contributed by atoms with Crippen LogP contribution in [-0.2, 0) is 4.79 Å². The van der Waals surface area contributed by atoms with Gasteiger partial charge in [-0.15, -0.1) is 0 Å². The molecular weight excluding hydrogens is 188 g/mol. The minimum atomic E-state index is -0.565. The van der Waals surface area contributed by atoms with Crippen LogP contribution in [0, 0.1) is 5.92 Å². The van der Waals surface area contributed by atoms with E-state index in [0.717, 1.165) is 5.56 Å². The summed E-state index contributed by atoms with van der Waals surface area (Å²) in [5.74, 6) is 0.326. The summed E-state index contributed by atoms with van der Waals surface area (Å²) < 4.78 is 0. The van der Waals surface area contributed by atoms with Gasteiger partial charge in [-0.25, -0.2) is 0 Å². The van der Waals surface area contributed by atoms with Crippen LogP contribution < -0.4 is 11.1 Å². The van der Waals surface area contributed by atoms with Crippen molar-refractivity contribution in [3.05, 3.63) is 35.9 Å². The maximum absolute atomic E-state index is 11.6. The van der Waals surface area contributed by atoms with Gasteiger partial charge >= 0.3 is 0 Å². The molecule has 3 heteroatoms. The predicted octanol–water partition coefficient (Wildman–Crippen LogP) is 1.46. The van der Waals surface area contributed by atoms with E-state index in [2.05, 4.69) is 5.32 Å². The first-order chi connectivity index (χ1) is 7.11. The first-order valence-electron chi connectivity index (χ1n) is 5.19. The summed E-state index contributed by atoms with van der Waals surface area (Å²) >= 11 is 0. The quantitative estimate of drug-likeness (QED) is 0.783. The summed E-state index contributed by atoms with van der Waals surface area (Å²) in [7, 11) is 0. The monoisotopic (exact) mass is 206 g/mol.